The third-order valence-corrected chi connectivity index (χ3v) is 5.96. The fourth-order valence-electron chi connectivity index (χ4n) is 4.27. The number of nitrogens with zero attached hydrogens (tertiary/aromatic N) is 2. The zero-order valence-corrected chi connectivity index (χ0v) is 17.7. The highest BCUT2D eigenvalue weighted by Gasteiger charge is 2.36. The van der Waals surface area contributed by atoms with Crippen molar-refractivity contribution in [1.82, 2.24) is 9.80 Å². The number of unbranched alkanes of at least 4 members (excludes halogenated alkanes) is 1. The van der Waals surface area contributed by atoms with Gasteiger partial charge in [0.05, 0.1) is 21.3 Å². The summed E-state index contributed by atoms with van der Waals surface area (Å²) < 4.78 is 16.3. The van der Waals surface area contributed by atoms with Crippen LogP contribution in [0.2, 0.25) is 0 Å². The van der Waals surface area contributed by atoms with Gasteiger partial charge in [0, 0.05) is 36.3 Å². The van der Waals surface area contributed by atoms with Crippen LogP contribution in [-0.2, 0) is 0 Å². The second-order valence-corrected chi connectivity index (χ2v) is 7.55. The smallest absolute Gasteiger partial charge is 0.258 e. The molecule has 0 aromatic heterocycles. The van der Waals surface area contributed by atoms with Crippen molar-refractivity contribution >= 4 is 5.91 Å². The van der Waals surface area contributed by atoms with Crippen LogP contribution in [0.15, 0.2) is 23.9 Å². The summed E-state index contributed by atoms with van der Waals surface area (Å²) in [6.45, 7) is 2.87. The molecule has 0 spiro atoms. The number of carbonyl (C=O) groups excluding carboxylic acids is 1. The van der Waals surface area contributed by atoms with Crippen molar-refractivity contribution in [3.05, 3.63) is 29.5 Å². The molecule has 2 aliphatic heterocycles. The van der Waals surface area contributed by atoms with E-state index in [9.17, 15) is 4.79 Å². The number of methoxy groups -OCH3 is 3. The van der Waals surface area contributed by atoms with Crippen molar-refractivity contribution in [2.24, 2.45) is 0 Å². The second-order valence-electron chi connectivity index (χ2n) is 7.55. The van der Waals surface area contributed by atoms with E-state index >= 15 is 0 Å². The quantitative estimate of drug-likeness (QED) is 0.680. The number of rotatable bonds is 8. The maximum Gasteiger partial charge on any atom is 0.258 e. The lowest BCUT2D eigenvalue weighted by molar-refractivity contribution is 0.0783. The van der Waals surface area contributed by atoms with Crippen molar-refractivity contribution in [3.63, 3.8) is 0 Å². The minimum Gasteiger partial charge on any atom is -0.493 e. The molecule has 0 radical (unpaired) electrons. The molecule has 2 atom stereocenters. The molecule has 0 N–H and O–H groups in total. The van der Waals surface area contributed by atoms with Crippen LogP contribution in [0.3, 0.4) is 0 Å². The number of ether oxygens (including phenoxy) is 3. The SMILES string of the molecule is CCCCN(C(=O)c1cc(OC)c(OC)c(OC)c1)C1=C[C@@H]2CC[C@H](C1)N2C. The summed E-state index contributed by atoms with van der Waals surface area (Å²) in [6.07, 6.45) is 7.59. The highest BCUT2D eigenvalue weighted by atomic mass is 16.5. The zero-order valence-electron chi connectivity index (χ0n) is 17.7. The molecule has 1 saturated heterocycles. The maximum absolute atomic E-state index is 13.5. The summed E-state index contributed by atoms with van der Waals surface area (Å²) in [4.78, 5) is 17.9. The average Bonchev–Trinajstić information content (AvgIpc) is 2.93. The monoisotopic (exact) mass is 388 g/mol. The fourth-order valence-corrected chi connectivity index (χ4v) is 4.27. The van der Waals surface area contributed by atoms with Gasteiger partial charge in [-0.05, 0) is 44.5 Å². The predicted molar refractivity (Wildman–Crippen MR) is 109 cm³/mol. The predicted octanol–water partition coefficient (Wildman–Crippen LogP) is 3.71. The Morgan fingerprint density at radius 2 is 1.82 bits per heavy atom. The van der Waals surface area contributed by atoms with E-state index in [-0.39, 0.29) is 5.91 Å². The van der Waals surface area contributed by atoms with E-state index in [0.717, 1.165) is 31.5 Å². The van der Waals surface area contributed by atoms with Gasteiger partial charge in [0.2, 0.25) is 5.75 Å². The maximum atomic E-state index is 13.5. The number of benzene rings is 1. The standard InChI is InChI=1S/C22H32N2O4/c1-6-7-10-24(18-13-16-8-9-17(14-18)23(16)2)22(25)15-11-19(26-3)21(28-5)20(12-15)27-4/h11-13,16-17H,6-10,14H2,1-5H3/t16-,17+/m0/s1. The van der Waals surface area contributed by atoms with Gasteiger partial charge in [-0.1, -0.05) is 13.3 Å². The number of hydrogen-bond acceptors (Lipinski definition) is 5. The topological polar surface area (TPSA) is 51.2 Å². The van der Waals surface area contributed by atoms with Crippen LogP contribution >= 0.6 is 0 Å². The van der Waals surface area contributed by atoms with Gasteiger partial charge in [-0.25, -0.2) is 0 Å². The van der Waals surface area contributed by atoms with Crippen molar-refractivity contribution in [2.75, 3.05) is 34.9 Å². The molecule has 154 valence electrons. The Kier molecular flexibility index (Phi) is 6.50. The Morgan fingerprint density at radius 1 is 1.14 bits per heavy atom. The van der Waals surface area contributed by atoms with E-state index < -0.39 is 0 Å². The van der Waals surface area contributed by atoms with Gasteiger partial charge in [0.15, 0.2) is 11.5 Å². The Hall–Kier alpha value is -2.21. The molecule has 1 amide bonds. The minimum atomic E-state index is -0.0112. The lowest BCUT2D eigenvalue weighted by Crippen LogP contribution is -2.41. The van der Waals surface area contributed by atoms with Gasteiger partial charge in [0.25, 0.3) is 5.91 Å². The Labute approximate surface area is 168 Å². The lowest BCUT2D eigenvalue weighted by Gasteiger charge is -2.35. The number of carbonyl (C=O) groups is 1. The molecular formula is C22H32N2O4. The van der Waals surface area contributed by atoms with Crippen molar-refractivity contribution in [3.8, 4) is 17.2 Å². The number of amides is 1. The summed E-state index contributed by atoms with van der Waals surface area (Å²) in [5, 5.41) is 0. The van der Waals surface area contributed by atoms with Crippen LogP contribution in [0.4, 0.5) is 0 Å². The van der Waals surface area contributed by atoms with Crippen LogP contribution in [-0.4, -0.2) is 62.7 Å². The molecule has 1 aromatic rings. The highest BCUT2D eigenvalue weighted by molar-refractivity contribution is 5.96. The number of hydrogen-bond donors (Lipinski definition) is 0. The van der Waals surface area contributed by atoms with E-state index in [2.05, 4.69) is 24.9 Å². The van der Waals surface area contributed by atoms with Gasteiger partial charge in [-0.15, -0.1) is 0 Å². The minimum absolute atomic E-state index is 0.0112. The molecule has 6 nitrogen and oxygen atoms in total. The summed E-state index contributed by atoms with van der Waals surface area (Å²) in [5.41, 5.74) is 1.70. The molecule has 0 aliphatic carbocycles. The fraction of sp³-hybridized carbons (Fsp3) is 0.591. The highest BCUT2D eigenvalue weighted by Crippen LogP contribution is 2.40. The molecule has 2 bridgehead atoms. The first kappa shape index (κ1) is 20.5. The molecule has 0 saturated carbocycles. The number of fused-ring (bicyclic) bond motifs is 2. The molecule has 2 aliphatic rings. The van der Waals surface area contributed by atoms with Crippen LogP contribution in [0.25, 0.3) is 0 Å². The van der Waals surface area contributed by atoms with Crippen LogP contribution < -0.4 is 14.2 Å². The molecule has 3 rings (SSSR count). The molecule has 0 unspecified atom stereocenters. The van der Waals surface area contributed by atoms with Crippen molar-refractivity contribution < 1.29 is 19.0 Å². The van der Waals surface area contributed by atoms with E-state index in [1.54, 1.807) is 33.5 Å². The van der Waals surface area contributed by atoms with Gasteiger partial charge < -0.3 is 19.1 Å². The third kappa shape index (κ3) is 3.83. The summed E-state index contributed by atoms with van der Waals surface area (Å²) >= 11 is 0. The Bertz CT molecular complexity index is 721. The first-order valence-electron chi connectivity index (χ1n) is 10.1. The van der Waals surface area contributed by atoms with Crippen LogP contribution in [0, 0.1) is 0 Å². The summed E-state index contributed by atoms with van der Waals surface area (Å²) in [7, 11) is 6.89. The third-order valence-electron chi connectivity index (χ3n) is 5.96. The van der Waals surface area contributed by atoms with Gasteiger partial charge in [0.1, 0.15) is 0 Å². The van der Waals surface area contributed by atoms with Gasteiger partial charge >= 0.3 is 0 Å². The van der Waals surface area contributed by atoms with E-state index in [1.165, 1.54) is 12.8 Å². The molecule has 1 fully saturated rings. The van der Waals surface area contributed by atoms with Crippen molar-refractivity contribution in [1.29, 1.82) is 0 Å². The molecule has 6 heteroatoms. The Balaban J connectivity index is 1.95. The average molecular weight is 389 g/mol. The largest absolute Gasteiger partial charge is 0.493 e. The summed E-state index contributed by atoms with van der Waals surface area (Å²) in [6, 6.07) is 4.45. The normalized spacial score (nSPS) is 21.2. The molecule has 2 heterocycles. The first-order chi connectivity index (χ1) is 13.5. The van der Waals surface area contributed by atoms with E-state index in [1.807, 2.05) is 4.90 Å². The van der Waals surface area contributed by atoms with E-state index in [4.69, 9.17) is 14.2 Å². The van der Waals surface area contributed by atoms with Crippen molar-refractivity contribution in [2.45, 2.75) is 51.1 Å². The molecule has 28 heavy (non-hydrogen) atoms. The summed E-state index contributed by atoms with van der Waals surface area (Å²) in [5.74, 6) is 1.48. The Morgan fingerprint density at radius 3 is 2.36 bits per heavy atom. The number of likely N-dealkylation sites (N-methyl/N-ethyl adjacent to an activating group) is 1. The second kappa shape index (κ2) is 8.86. The van der Waals surface area contributed by atoms with E-state index in [0.29, 0.717) is 34.9 Å². The van der Waals surface area contributed by atoms with Gasteiger partial charge in [-0.3, -0.25) is 9.69 Å². The molecular weight excluding hydrogens is 356 g/mol. The van der Waals surface area contributed by atoms with Crippen LogP contribution in [0.1, 0.15) is 49.4 Å². The first-order valence-corrected chi connectivity index (χ1v) is 10.1. The lowest BCUT2D eigenvalue weighted by atomic mass is 10.0. The molecule has 1 aromatic carbocycles. The van der Waals surface area contributed by atoms with Gasteiger partial charge in [-0.2, -0.15) is 0 Å². The van der Waals surface area contributed by atoms with Crippen LogP contribution in [0.5, 0.6) is 17.2 Å². The zero-order chi connectivity index (χ0) is 20.3.